The van der Waals surface area contributed by atoms with Crippen molar-refractivity contribution in [2.75, 3.05) is 5.32 Å². The molecule has 0 radical (unpaired) electrons. The van der Waals surface area contributed by atoms with E-state index < -0.39 is 17.9 Å². The number of alkyl halides is 1. The van der Waals surface area contributed by atoms with Gasteiger partial charge in [0.25, 0.3) is 0 Å². The number of hydrogen-bond acceptors (Lipinski definition) is 5. The van der Waals surface area contributed by atoms with Crippen LogP contribution >= 0.6 is 12.2 Å². The molecule has 8 heteroatoms. The molecule has 1 aromatic heterocycles. The summed E-state index contributed by atoms with van der Waals surface area (Å²) in [7, 11) is 0. The number of nitrogens with zero attached hydrogens (tertiary/aromatic N) is 1. The number of benzene rings is 1. The summed E-state index contributed by atoms with van der Waals surface area (Å²) >= 11 is 4.95. The number of ketones is 1. The topological polar surface area (TPSA) is 86.5 Å². The standard InChI is InChI=1S/C21H24FN3O3S/c1-4-14(22)12(2)27-17-7-5-6-15(25-20(23)29)18(17)19(26)21(3)10-13-11-24-9-8-16(13)28-21/h5-9,11-12,14H,4,10H2,1-3H3,(H3,23,25,29). The lowest BCUT2D eigenvalue weighted by atomic mass is 9.89. The quantitative estimate of drug-likeness (QED) is 0.523. The van der Waals surface area contributed by atoms with E-state index in [9.17, 15) is 9.18 Å². The fourth-order valence-corrected chi connectivity index (χ4v) is 3.50. The van der Waals surface area contributed by atoms with E-state index in [2.05, 4.69) is 10.3 Å². The van der Waals surface area contributed by atoms with Crippen molar-refractivity contribution in [1.82, 2.24) is 4.98 Å². The molecule has 2 aromatic rings. The zero-order valence-electron chi connectivity index (χ0n) is 16.6. The monoisotopic (exact) mass is 417 g/mol. The molecule has 0 saturated carbocycles. The summed E-state index contributed by atoms with van der Waals surface area (Å²) < 4.78 is 25.9. The van der Waals surface area contributed by atoms with Crippen LogP contribution in [0.5, 0.6) is 11.5 Å². The van der Waals surface area contributed by atoms with E-state index >= 15 is 0 Å². The summed E-state index contributed by atoms with van der Waals surface area (Å²) in [5, 5.41) is 2.83. The Labute approximate surface area is 174 Å². The van der Waals surface area contributed by atoms with Crippen molar-refractivity contribution in [1.29, 1.82) is 0 Å². The summed E-state index contributed by atoms with van der Waals surface area (Å²) in [4.78, 5) is 17.7. The molecule has 29 heavy (non-hydrogen) atoms. The van der Waals surface area contributed by atoms with Crippen LogP contribution in [-0.2, 0) is 6.42 Å². The summed E-state index contributed by atoms with van der Waals surface area (Å²) in [6.07, 6.45) is 2.05. The van der Waals surface area contributed by atoms with E-state index in [1.54, 1.807) is 57.4 Å². The van der Waals surface area contributed by atoms with Crippen LogP contribution in [0.15, 0.2) is 36.7 Å². The minimum Gasteiger partial charge on any atom is -0.487 e. The van der Waals surface area contributed by atoms with Crippen LogP contribution in [0.4, 0.5) is 10.1 Å². The van der Waals surface area contributed by atoms with Gasteiger partial charge in [-0.15, -0.1) is 0 Å². The number of halogens is 1. The maximum atomic E-state index is 14.1. The number of hydrogen-bond donors (Lipinski definition) is 2. The molecule has 2 heterocycles. The number of anilines is 1. The van der Waals surface area contributed by atoms with Gasteiger partial charge in [-0.25, -0.2) is 4.39 Å². The van der Waals surface area contributed by atoms with E-state index in [-0.39, 0.29) is 22.2 Å². The summed E-state index contributed by atoms with van der Waals surface area (Å²) in [6.45, 7) is 5.08. The Morgan fingerprint density at radius 3 is 2.90 bits per heavy atom. The molecular formula is C21H24FN3O3S. The van der Waals surface area contributed by atoms with Crippen molar-refractivity contribution in [2.45, 2.75) is 51.5 Å². The Kier molecular flexibility index (Phi) is 6.02. The van der Waals surface area contributed by atoms with Crippen LogP contribution in [0.25, 0.3) is 0 Å². The van der Waals surface area contributed by atoms with E-state index in [0.29, 0.717) is 24.3 Å². The lowest BCUT2D eigenvalue weighted by Gasteiger charge is -2.26. The Balaban J connectivity index is 2.01. The largest absolute Gasteiger partial charge is 0.487 e. The van der Waals surface area contributed by atoms with Gasteiger partial charge < -0.3 is 20.5 Å². The normalized spacial score (nSPS) is 19.6. The van der Waals surface area contributed by atoms with Crippen molar-refractivity contribution >= 4 is 28.8 Å². The SMILES string of the molecule is CCC(F)C(C)Oc1cccc(NC(N)=S)c1C(=O)C1(C)Cc2cnccc2O1. The van der Waals surface area contributed by atoms with Crippen LogP contribution in [0.1, 0.15) is 43.1 Å². The van der Waals surface area contributed by atoms with Gasteiger partial charge in [-0.05, 0) is 50.7 Å². The van der Waals surface area contributed by atoms with Gasteiger partial charge in [-0.2, -0.15) is 0 Å². The first-order valence-electron chi connectivity index (χ1n) is 9.42. The minimum atomic E-state index is -1.17. The van der Waals surface area contributed by atoms with E-state index in [1.807, 2.05) is 0 Å². The van der Waals surface area contributed by atoms with Crippen molar-refractivity contribution in [3.05, 3.63) is 47.8 Å². The minimum absolute atomic E-state index is 0.00570. The average Bonchev–Trinajstić information content (AvgIpc) is 3.04. The highest BCUT2D eigenvalue weighted by Crippen LogP contribution is 2.40. The van der Waals surface area contributed by atoms with Gasteiger partial charge in [0, 0.05) is 24.4 Å². The lowest BCUT2D eigenvalue weighted by Crippen LogP contribution is -2.41. The third kappa shape index (κ3) is 4.32. The number of rotatable bonds is 7. The summed E-state index contributed by atoms with van der Waals surface area (Å²) in [5.74, 6) is 0.544. The number of thiocarbonyl (C=S) groups is 1. The van der Waals surface area contributed by atoms with Crippen molar-refractivity contribution < 1.29 is 18.7 Å². The predicted molar refractivity (Wildman–Crippen MR) is 113 cm³/mol. The second kappa shape index (κ2) is 8.32. The van der Waals surface area contributed by atoms with E-state index in [4.69, 9.17) is 27.4 Å². The van der Waals surface area contributed by atoms with Crippen molar-refractivity contribution in [3.8, 4) is 11.5 Å². The lowest BCUT2D eigenvalue weighted by molar-refractivity contribution is 0.0586. The Hall–Kier alpha value is -2.74. The third-order valence-electron chi connectivity index (χ3n) is 4.93. The first kappa shape index (κ1) is 21.0. The van der Waals surface area contributed by atoms with Crippen molar-refractivity contribution in [3.63, 3.8) is 0 Å². The highest BCUT2D eigenvalue weighted by Gasteiger charge is 2.44. The molecule has 6 nitrogen and oxygen atoms in total. The molecule has 1 aliphatic heterocycles. The molecule has 3 unspecified atom stereocenters. The summed E-state index contributed by atoms with van der Waals surface area (Å²) in [6, 6.07) is 6.71. The Bertz CT molecular complexity index is 912. The van der Waals surface area contributed by atoms with Crippen LogP contribution < -0.4 is 20.5 Å². The Morgan fingerprint density at radius 2 is 2.24 bits per heavy atom. The van der Waals surface area contributed by atoms with Gasteiger partial charge in [0.05, 0.1) is 11.3 Å². The molecule has 3 N–H and O–H groups in total. The maximum Gasteiger partial charge on any atom is 0.212 e. The molecule has 1 aliphatic rings. The maximum absolute atomic E-state index is 14.1. The second-order valence-electron chi connectivity index (χ2n) is 7.24. The van der Waals surface area contributed by atoms with Crippen LogP contribution in [0.2, 0.25) is 0 Å². The molecule has 0 aliphatic carbocycles. The van der Waals surface area contributed by atoms with Gasteiger partial charge in [0.2, 0.25) is 5.78 Å². The predicted octanol–water partition coefficient (Wildman–Crippen LogP) is 3.83. The molecule has 0 saturated heterocycles. The van der Waals surface area contributed by atoms with Gasteiger partial charge in [0.1, 0.15) is 23.8 Å². The molecule has 0 amide bonds. The van der Waals surface area contributed by atoms with Crippen LogP contribution in [-0.4, -0.2) is 33.8 Å². The molecule has 3 atom stereocenters. The number of aromatic nitrogens is 1. The van der Waals surface area contributed by atoms with E-state index in [1.165, 1.54) is 0 Å². The molecule has 0 fully saturated rings. The van der Waals surface area contributed by atoms with Gasteiger partial charge in [-0.3, -0.25) is 9.78 Å². The Morgan fingerprint density at radius 1 is 1.48 bits per heavy atom. The molecule has 154 valence electrons. The van der Waals surface area contributed by atoms with Gasteiger partial charge >= 0.3 is 0 Å². The average molecular weight is 418 g/mol. The smallest absolute Gasteiger partial charge is 0.212 e. The molecule has 0 spiro atoms. The number of fused-ring (bicyclic) bond motifs is 1. The fourth-order valence-electron chi connectivity index (χ4n) is 3.39. The van der Waals surface area contributed by atoms with Gasteiger partial charge in [0.15, 0.2) is 10.7 Å². The van der Waals surface area contributed by atoms with Crippen LogP contribution in [0.3, 0.4) is 0 Å². The second-order valence-corrected chi connectivity index (χ2v) is 7.68. The number of nitrogens with two attached hydrogens (primary N) is 1. The third-order valence-corrected chi connectivity index (χ3v) is 5.03. The first-order valence-corrected chi connectivity index (χ1v) is 9.83. The van der Waals surface area contributed by atoms with Crippen LogP contribution in [0, 0.1) is 0 Å². The molecule has 1 aromatic carbocycles. The van der Waals surface area contributed by atoms with Crippen molar-refractivity contribution in [2.24, 2.45) is 5.73 Å². The zero-order chi connectivity index (χ0) is 21.2. The number of Topliss-reactive ketones (excluding diaryl/α,β-unsaturated/α-hetero) is 1. The number of pyridine rings is 1. The number of ether oxygens (including phenoxy) is 2. The highest BCUT2D eigenvalue weighted by atomic mass is 32.1. The molecule has 0 bridgehead atoms. The van der Waals surface area contributed by atoms with E-state index in [0.717, 1.165) is 5.56 Å². The zero-order valence-corrected chi connectivity index (χ0v) is 17.4. The first-order chi connectivity index (χ1) is 13.7. The number of carbonyl (C=O) groups excluding carboxylic acids is 1. The highest BCUT2D eigenvalue weighted by molar-refractivity contribution is 7.80. The van der Waals surface area contributed by atoms with Gasteiger partial charge in [-0.1, -0.05) is 13.0 Å². The molecule has 3 rings (SSSR count). The number of carbonyl (C=O) groups is 1. The number of nitrogens with one attached hydrogen (secondary N) is 1. The molecular weight excluding hydrogens is 393 g/mol. The summed E-state index contributed by atoms with van der Waals surface area (Å²) in [5.41, 5.74) is 5.92. The fraction of sp³-hybridized carbons (Fsp3) is 0.381.